The molecule has 6 heteroatoms. The second kappa shape index (κ2) is 7.06. The summed E-state index contributed by atoms with van der Waals surface area (Å²) in [6.45, 7) is 5.62. The molecule has 1 aliphatic heterocycles. The van der Waals surface area contributed by atoms with E-state index in [0.717, 1.165) is 12.1 Å². The SMILES string of the molecule is CCC(C)NC(=O)CCNc1cc2c(cc1N)OCCO2. The molecule has 1 unspecified atom stereocenters. The summed E-state index contributed by atoms with van der Waals surface area (Å²) in [6, 6.07) is 3.77. The van der Waals surface area contributed by atoms with Crippen molar-refractivity contribution in [1.29, 1.82) is 0 Å². The van der Waals surface area contributed by atoms with Gasteiger partial charge in [-0.3, -0.25) is 4.79 Å². The smallest absolute Gasteiger partial charge is 0.221 e. The van der Waals surface area contributed by atoms with Crippen molar-refractivity contribution in [3.8, 4) is 11.5 Å². The topological polar surface area (TPSA) is 85.6 Å². The van der Waals surface area contributed by atoms with Crippen LogP contribution >= 0.6 is 0 Å². The van der Waals surface area contributed by atoms with Gasteiger partial charge in [-0.1, -0.05) is 6.92 Å². The highest BCUT2D eigenvalue weighted by molar-refractivity contribution is 5.77. The molecule has 0 aliphatic carbocycles. The molecule has 2 rings (SSSR count). The molecule has 0 saturated heterocycles. The third-order valence-corrected chi connectivity index (χ3v) is 3.40. The van der Waals surface area contributed by atoms with E-state index in [1.807, 2.05) is 19.9 Å². The number of hydrogen-bond acceptors (Lipinski definition) is 5. The molecule has 1 amide bonds. The number of amides is 1. The van der Waals surface area contributed by atoms with Gasteiger partial charge in [0.2, 0.25) is 5.91 Å². The number of nitrogen functional groups attached to an aromatic ring is 1. The monoisotopic (exact) mass is 293 g/mol. The Morgan fingerprint density at radius 1 is 1.33 bits per heavy atom. The number of benzene rings is 1. The quantitative estimate of drug-likeness (QED) is 0.696. The van der Waals surface area contributed by atoms with Gasteiger partial charge >= 0.3 is 0 Å². The molecule has 0 radical (unpaired) electrons. The van der Waals surface area contributed by atoms with E-state index in [2.05, 4.69) is 10.6 Å². The maximum Gasteiger partial charge on any atom is 0.221 e. The van der Waals surface area contributed by atoms with Gasteiger partial charge in [-0.25, -0.2) is 0 Å². The van der Waals surface area contributed by atoms with Gasteiger partial charge in [0.15, 0.2) is 11.5 Å². The van der Waals surface area contributed by atoms with E-state index in [9.17, 15) is 4.79 Å². The van der Waals surface area contributed by atoms with E-state index < -0.39 is 0 Å². The van der Waals surface area contributed by atoms with Crippen molar-refractivity contribution >= 4 is 17.3 Å². The van der Waals surface area contributed by atoms with Gasteiger partial charge in [0.05, 0.1) is 11.4 Å². The maximum atomic E-state index is 11.7. The normalized spacial score (nSPS) is 14.4. The number of hydrogen-bond donors (Lipinski definition) is 3. The van der Waals surface area contributed by atoms with E-state index in [-0.39, 0.29) is 11.9 Å². The number of carbonyl (C=O) groups is 1. The van der Waals surface area contributed by atoms with Crippen molar-refractivity contribution in [3.63, 3.8) is 0 Å². The zero-order valence-electron chi connectivity index (χ0n) is 12.6. The van der Waals surface area contributed by atoms with Gasteiger partial charge in [-0.2, -0.15) is 0 Å². The number of fused-ring (bicyclic) bond motifs is 1. The summed E-state index contributed by atoms with van der Waals surface area (Å²) in [6.07, 6.45) is 1.33. The third-order valence-electron chi connectivity index (χ3n) is 3.40. The molecule has 0 bridgehead atoms. The summed E-state index contributed by atoms with van der Waals surface area (Å²) in [4.78, 5) is 11.7. The van der Waals surface area contributed by atoms with Crippen LogP contribution in [0.3, 0.4) is 0 Å². The van der Waals surface area contributed by atoms with Crippen molar-refractivity contribution in [2.75, 3.05) is 30.8 Å². The number of rotatable bonds is 6. The van der Waals surface area contributed by atoms with Crippen LogP contribution in [0.4, 0.5) is 11.4 Å². The van der Waals surface area contributed by atoms with Crippen molar-refractivity contribution < 1.29 is 14.3 Å². The van der Waals surface area contributed by atoms with E-state index >= 15 is 0 Å². The molecule has 4 N–H and O–H groups in total. The van der Waals surface area contributed by atoms with Crippen LogP contribution in [0, 0.1) is 0 Å². The first-order chi connectivity index (χ1) is 10.1. The van der Waals surface area contributed by atoms with Crippen molar-refractivity contribution in [3.05, 3.63) is 12.1 Å². The number of carbonyl (C=O) groups excluding carboxylic acids is 1. The van der Waals surface area contributed by atoms with Crippen LogP contribution < -0.4 is 25.8 Å². The Morgan fingerprint density at radius 2 is 2.00 bits per heavy atom. The highest BCUT2D eigenvalue weighted by atomic mass is 16.6. The van der Waals surface area contributed by atoms with Crippen LogP contribution in [-0.4, -0.2) is 31.7 Å². The Morgan fingerprint density at radius 3 is 2.67 bits per heavy atom. The first kappa shape index (κ1) is 15.3. The number of anilines is 2. The van der Waals surface area contributed by atoms with Gasteiger partial charge in [-0.05, 0) is 13.3 Å². The lowest BCUT2D eigenvalue weighted by Gasteiger charge is -2.20. The zero-order valence-corrected chi connectivity index (χ0v) is 12.6. The predicted octanol–water partition coefficient (Wildman–Crippen LogP) is 1.76. The maximum absolute atomic E-state index is 11.7. The average Bonchev–Trinajstić information content (AvgIpc) is 2.47. The minimum atomic E-state index is 0.0352. The van der Waals surface area contributed by atoms with Gasteiger partial charge in [-0.15, -0.1) is 0 Å². The fraction of sp³-hybridized carbons (Fsp3) is 0.533. The van der Waals surface area contributed by atoms with Gasteiger partial charge in [0.25, 0.3) is 0 Å². The molecule has 0 spiro atoms. The second-order valence-corrected chi connectivity index (χ2v) is 5.14. The summed E-state index contributed by atoms with van der Waals surface area (Å²) < 4.78 is 11.0. The first-order valence-electron chi connectivity index (χ1n) is 7.32. The third kappa shape index (κ3) is 4.18. The van der Waals surface area contributed by atoms with Gasteiger partial charge in [0.1, 0.15) is 13.2 Å². The number of nitrogens with one attached hydrogen (secondary N) is 2. The Labute approximate surface area is 125 Å². The van der Waals surface area contributed by atoms with Gasteiger partial charge in [0, 0.05) is 31.1 Å². The number of nitrogens with two attached hydrogens (primary N) is 1. The predicted molar refractivity (Wildman–Crippen MR) is 82.8 cm³/mol. The number of ether oxygens (including phenoxy) is 2. The first-order valence-corrected chi connectivity index (χ1v) is 7.32. The highest BCUT2D eigenvalue weighted by Gasteiger charge is 2.14. The molecule has 0 saturated carbocycles. The molecule has 21 heavy (non-hydrogen) atoms. The molecule has 0 fully saturated rings. The van der Waals surface area contributed by atoms with E-state index in [1.54, 1.807) is 6.07 Å². The molecule has 116 valence electrons. The largest absolute Gasteiger partial charge is 0.486 e. The molecule has 6 nitrogen and oxygen atoms in total. The van der Waals surface area contributed by atoms with Gasteiger partial charge < -0.3 is 25.8 Å². The van der Waals surface area contributed by atoms with Crippen LogP contribution in [0.1, 0.15) is 26.7 Å². The molecule has 1 aromatic carbocycles. The van der Waals surface area contributed by atoms with Crippen LogP contribution in [0.5, 0.6) is 11.5 Å². The Kier molecular flexibility index (Phi) is 5.14. The molecule has 1 aromatic rings. The molecular weight excluding hydrogens is 270 g/mol. The summed E-state index contributed by atoms with van der Waals surface area (Å²) in [5, 5.41) is 6.09. The summed E-state index contributed by atoms with van der Waals surface area (Å²) in [5.74, 6) is 1.38. The summed E-state index contributed by atoms with van der Waals surface area (Å²) >= 11 is 0. The standard InChI is InChI=1S/C15H23N3O3/c1-3-10(2)18-15(19)4-5-17-12-9-14-13(8-11(12)16)20-6-7-21-14/h8-10,17H,3-7,16H2,1-2H3,(H,18,19). The minimum Gasteiger partial charge on any atom is -0.486 e. The zero-order chi connectivity index (χ0) is 15.2. The van der Waals surface area contributed by atoms with E-state index in [0.29, 0.717) is 43.4 Å². The molecular formula is C15H23N3O3. The fourth-order valence-corrected chi connectivity index (χ4v) is 2.02. The lowest BCUT2D eigenvalue weighted by molar-refractivity contribution is -0.121. The molecule has 0 aromatic heterocycles. The molecule has 1 heterocycles. The molecule has 1 atom stereocenters. The van der Waals surface area contributed by atoms with Crippen LogP contribution in [0.15, 0.2) is 12.1 Å². The Bertz CT molecular complexity index is 505. The lowest BCUT2D eigenvalue weighted by atomic mass is 10.2. The Hall–Kier alpha value is -2.11. The van der Waals surface area contributed by atoms with Crippen molar-refractivity contribution in [2.24, 2.45) is 0 Å². The second-order valence-electron chi connectivity index (χ2n) is 5.14. The van der Waals surface area contributed by atoms with E-state index in [1.165, 1.54) is 0 Å². The highest BCUT2D eigenvalue weighted by Crippen LogP contribution is 2.36. The van der Waals surface area contributed by atoms with Crippen LogP contribution in [0.2, 0.25) is 0 Å². The van der Waals surface area contributed by atoms with Crippen molar-refractivity contribution in [2.45, 2.75) is 32.7 Å². The Balaban J connectivity index is 1.87. The van der Waals surface area contributed by atoms with E-state index in [4.69, 9.17) is 15.2 Å². The fourth-order valence-electron chi connectivity index (χ4n) is 2.02. The summed E-state index contributed by atoms with van der Waals surface area (Å²) in [7, 11) is 0. The van der Waals surface area contributed by atoms with Crippen LogP contribution in [0.25, 0.3) is 0 Å². The average molecular weight is 293 g/mol. The van der Waals surface area contributed by atoms with Crippen molar-refractivity contribution in [1.82, 2.24) is 5.32 Å². The molecule has 1 aliphatic rings. The summed E-state index contributed by atoms with van der Waals surface area (Å²) in [5.41, 5.74) is 7.31. The van der Waals surface area contributed by atoms with Crippen LogP contribution in [-0.2, 0) is 4.79 Å². The minimum absolute atomic E-state index is 0.0352. The lowest BCUT2D eigenvalue weighted by Crippen LogP contribution is -2.33.